The van der Waals surface area contributed by atoms with Gasteiger partial charge in [0.2, 0.25) is 15.9 Å². The zero-order valence-corrected chi connectivity index (χ0v) is 15.2. The fraction of sp³-hybridized carbons (Fsp3) is 0.188. The highest BCUT2D eigenvalue weighted by Gasteiger charge is 2.27. The number of halogens is 2. The van der Waals surface area contributed by atoms with Crippen LogP contribution in [0.2, 0.25) is 10.0 Å². The van der Waals surface area contributed by atoms with Crippen LogP contribution in [0, 0.1) is 6.92 Å². The van der Waals surface area contributed by atoms with E-state index >= 15 is 0 Å². The van der Waals surface area contributed by atoms with Gasteiger partial charge >= 0.3 is 0 Å². The molecule has 128 valence electrons. The SMILES string of the molecule is Cc1ccc(S(=O)(=O)N(CC(N)=O)Cc2c(Cl)cccc2Cl)cc1. The van der Waals surface area contributed by atoms with Crippen molar-refractivity contribution >= 4 is 39.1 Å². The standard InChI is InChI=1S/C16H16Cl2N2O3S/c1-11-5-7-12(8-6-11)24(22,23)20(10-16(19)21)9-13-14(17)3-2-4-15(13)18/h2-8H,9-10H2,1H3,(H2,19,21). The van der Waals surface area contributed by atoms with Crippen molar-refractivity contribution in [1.82, 2.24) is 4.31 Å². The molecule has 0 unspecified atom stereocenters. The predicted octanol–water partition coefficient (Wildman–Crippen LogP) is 2.98. The summed E-state index contributed by atoms with van der Waals surface area (Å²) in [6.45, 7) is 1.22. The molecule has 0 aliphatic rings. The smallest absolute Gasteiger partial charge is 0.243 e. The molecule has 5 nitrogen and oxygen atoms in total. The first-order valence-electron chi connectivity index (χ1n) is 7.00. The maximum atomic E-state index is 12.8. The number of sulfonamides is 1. The maximum Gasteiger partial charge on any atom is 0.243 e. The number of aryl methyl sites for hydroxylation is 1. The lowest BCUT2D eigenvalue weighted by molar-refractivity contribution is -0.118. The average molecular weight is 387 g/mol. The molecule has 8 heteroatoms. The Morgan fingerprint density at radius 3 is 2.12 bits per heavy atom. The molecule has 0 aliphatic carbocycles. The van der Waals surface area contributed by atoms with Gasteiger partial charge in [-0.2, -0.15) is 4.31 Å². The van der Waals surface area contributed by atoms with E-state index in [1.54, 1.807) is 30.3 Å². The lowest BCUT2D eigenvalue weighted by Crippen LogP contribution is -2.38. The summed E-state index contributed by atoms with van der Waals surface area (Å²) in [5.74, 6) is -0.770. The van der Waals surface area contributed by atoms with E-state index < -0.39 is 22.5 Å². The normalized spacial score (nSPS) is 11.7. The molecule has 0 fully saturated rings. The minimum absolute atomic E-state index is 0.0672. The van der Waals surface area contributed by atoms with Crippen LogP contribution in [0.4, 0.5) is 0 Å². The van der Waals surface area contributed by atoms with Crippen molar-refractivity contribution in [2.75, 3.05) is 6.54 Å². The molecule has 0 saturated carbocycles. The molecule has 0 radical (unpaired) electrons. The van der Waals surface area contributed by atoms with Gasteiger partial charge in [-0.05, 0) is 31.2 Å². The van der Waals surface area contributed by atoms with Gasteiger partial charge in [-0.15, -0.1) is 0 Å². The first-order chi connectivity index (χ1) is 11.2. The van der Waals surface area contributed by atoms with Crippen molar-refractivity contribution < 1.29 is 13.2 Å². The lowest BCUT2D eigenvalue weighted by Gasteiger charge is -2.22. The first-order valence-corrected chi connectivity index (χ1v) is 9.19. The number of hydrogen-bond acceptors (Lipinski definition) is 3. The highest BCUT2D eigenvalue weighted by molar-refractivity contribution is 7.89. The Hall–Kier alpha value is -1.60. The molecule has 0 saturated heterocycles. The van der Waals surface area contributed by atoms with Crippen molar-refractivity contribution in [3.05, 3.63) is 63.6 Å². The number of rotatable bonds is 6. The van der Waals surface area contributed by atoms with Gasteiger partial charge in [0.1, 0.15) is 0 Å². The Morgan fingerprint density at radius 2 is 1.62 bits per heavy atom. The van der Waals surface area contributed by atoms with E-state index in [9.17, 15) is 13.2 Å². The topological polar surface area (TPSA) is 80.5 Å². The van der Waals surface area contributed by atoms with Crippen LogP contribution in [0.15, 0.2) is 47.4 Å². The van der Waals surface area contributed by atoms with Gasteiger partial charge in [-0.1, -0.05) is 47.0 Å². The van der Waals surface area contributed by atoms with Crippen LogP contribution in [-0.2, 0) is 21.4 Å². The van der Waals surface area contributed by atoms with E-state index in [0.717, 1.165) is 9.87 Å². The van der Waals surface area contributed by atoms with E-state index in [1.807, 2.05) is 6.92 Å². The molecule has 2 rings (SSSR count). The molecule has 0 bridgehead atoms. The summed E-state index contributed by atoms with van der Waals surface area (Å²) in [6, 6.07) is 11.2. The van der Waals surface area contributed by atoms with E-state index in [-0.39, 0.29) is 11.4 Å². The Kier molecular flexibility index (Phi) is 5.87. The molecule has 24 heavy (non-hydrogen) atoms. The van der Waals surface area contributed by atoms with Crippen molar-refractivity contribution in [3.8, 4) is 0 Å². The summed E-state index contributed by atoms with van der Waals surface area (Å²) < 4.78 is 26.6. The van der Waals surface area contributed by atoms with E-state index in [1.165, 1.54) is 12.1 Å². The highest BCUT2D eigenvalue weighted by atomic mass is 35.5. The van der Waals surface area contributed by atoms with Crippen LogP contribution in [0.5, 0.6) is 0 Å². The largest absolute Gasteiger partial charge is 0.369 e. The fourth-order valence-electron chi connectivity index (χ4n) is 2.12. The number of nitrogens with zero attached hydrogens (tertiary/aromatic N) is 1. The quantitative estimate of drug-likeness (QED) is 0.828. The molecule has 0 heterocycles. The summed E-state index contributed by atoms with van der Waals surface area (Å²) in [5.41, 5.74) is 6.55. The molecule has 0 atom stereocenters. The molecular formula is C16H16Cl2N2O3S. The average Bonchev–Trinajstić information content (AvgIpc) is 2.50. The van der Waals surface area contributed by atoms with Gasteiger partial charge in [0.05, 0.1) is 11.4 Å². The van der Waals surface area contributed by atoms with Gasteiger partial charge < -0.3 is 5.73 Å². The van der Waals surface area contributed by atoms with Gasteiger partial charge in [-0.3, -0.25) is 4.79 Å². The lowest BCUT2D eigenvalue weighted by atomic mass is 10.2. The van der Waals surface area contributed by atoms with Crippen molar-refractivity contribution in [3.63, 3.8) is 0 Å². The minimum atomic E-state index is -3.93. The molecule has 2 aromatic rings. The molecular weight excluding hydrogens is 371 g/mol. The number of carbonyl (C=O) groups excluding carboxylic acids is 1. The molecule has 0 aliphatic heterocycles. The molecule has 2 N–H and O–H groups in total. The summed E-state index contributed by atoms with van der Waals surface area (Å²) in [6.07, 6.45) is 0. The van der Waals surface area contributed by atoms with Crippen LogP contribution in [0.1, 0.15) is 11.1 Å². The number of primary amides is 1. The van der Waals surface area contributed by atoms with E-state index in [0.29, 0.717) is 15.6 Å². The van der Waals surface area contributed by atoms with Gasteiger partial charge in [0.15, 0.2) is 0 Å². The number of amides is 1. The third-order valence-electron chi connectivity index (χ3n) is 3.39. The zero-order chi connectivity index (χ0) is 17.9. The van der Waals surface area contributed by atoms with Gasteiger partial charge in [0, 0.05) is 22.2 Å². The maximum absolute atomic E-state index is 12.8. The second-order valence-corrected chi connectivity index (χ2v) is 8.01. The fourth-order valence-corrected chi connectivity index (χ4v) is 4.01. The number of benzene rings is 2. The van der Waals surface area contributed by atoms with Crippen LogP contribution in [0.3, 0.4) is 0 Å². The van der Waals surface area contributed by atoms with Crippen LogP contribution in [-0.4, -0.2) is 25.2 Å². The monoisotopic (exact) mass is 386 g/mol. The summed E-state index contributed by atoms with van der Waals surface area (Å²) in [7, 11) is -3.93. The zero-order valence-electron chi connectivity index (χ0n) is 12.9. The third kappa shape index (κ3) is 4.27. The second kappa shape index (κ2) is 7.53. The van der Waals surface area contributed by atoms with Crippen molar-refractivity contribution in [2.45, 2.75) is 18.4 Å². The molecule has 2 aromatic carbocycles. The Labute approximate surface area is 151 Å². The predicted molar refractivity (Wildman–Crippen MR) is 94.4 cm³/mol. The first kappa shape index (κ1) is 18.7. The molecule has 0 aromatic heterocycles. The number of carbonyl (C=O) groups is 1. The Balaban J connectivity index is 2.45. The van der Waals surface area contributed by atoms with Crippen molar-refractivity contribution in [1.29, 1.82) is 0 Å². The summed E-state index contributed by atoms with van der Waals surface area (Å²) in [4.78, 5) is 11.4. The highest BCUT2D eigenvalue weighted by Crippen LogP contribution is 2.28. The van der Waals surface area contributed by atoms with Crippen LogP contribution < -0.4 is 5.73 Å². The summed E-state index contributed by atoms with van der Waals surface area (Å²) >= 11 is 12.2. The third-order valence-corrected chi connectivity index (χ3v) is 5.90. The number of nitrogens with two attached hydrogens (primary N) is 1. The minimum Gasteiger partial charge on any atom is -0.369 e. The summed E-state index contributed by atoms with van der Waals surface area (Å²) in [5, 5.41) is 0.632. The Bertz CT molecular complexity index is 832. The molecule has 1 amide bonds. The van der Waals surface area contributed by atoms with E-state index in [2.05, 4.69) is 0 Å². The van der Waals surface area contributed by atoms with Crippen LogP contribution >= 0.6 is 23.2 Å². The van der Waals surface area contributed by atoms with Crippen molar-refractivity contribution in [2.24, 2.45) is 5.73 Å². The Morgan fingerprint density at radius 1 is 1.08 bits per heavy atom. The van der Waals surface area contributed by atoms with E-state index in [4.69, 9.17) is 28.9 Å². The van der Waals surface area contributed by atoms with Crippen LogP contribution in [0.25, 0.3) is 0 Å². The van der Waals surface area contributed by atoms with Gasteiger partial charge in [-0.25, -0.2) is 8.42 Å². The number of hydrogen-bond donors (Lipinski definition) is 1. The molecule has 0 spiro atoms. The second-order valence-electron chi connectivity index (χ2n) is 5.25. The van der Waals surface area contributed by atoms with Gasteiger partial charge in [0.25, 0.3) is 0 Å².